The van der Waals surface area contributed by atoms with Gasteiger partial charge >= 0.3 is 5.97 Å². The molecule has 4 aromatic rings. The van der Waals surface area contributed by atoms with Gasteiger partial charge in [0.1, 0.15) is 6.04 Å². The molecule has 0 radical (unpaired) electrons. The van der Waals surface area contributed by atoms with Gasteiger partial charge in [-0.05, 0) is 36.1 Å². The van der Waals surface area contributed by atoms with Crippen LogP contribution in [-0.2, 0) is 9.53 Å². The Balaban J connectivity index is 1.63. The SMILES string of the molecule is CCOC(=O)[C@H](C)N1C2SC(c3ccccc3)=C(c3ccccc3)C1SC(c1ccccc1)=C2c1ccccc1. The lowest BCUT2D eigenvalue weighted by molar-refractivity contribution is -0.148. The van der Waals surface area contributed by atoms with Crippen molar-refractivity contribution in [2.45, 2.75) is 30.6 Å². The molecule has 2 heterocycles. The van der Waals surface area contributed by atoms with Gasteiger partial charge in [0.05, 0.1) is 17.4 Å². The van der Waals surface area contributed by atoms with E-state index < -0.39 is 6.04 Å². The topological polar surface area (TPSA) is 29.5 Å². The molecule has 6 rings (SSSR count). The highest BCUT2D eigenvalue weighted by Gasteiger charge is 2.48. The standard InChI is InChI=1S/C35H31NO2S2/c1-3-38-35(37)24(2)36-33-29(25-16-8-4-9-17-25)31(27-20-12-6-13-21-27)39-34(36)30(26-18-10-5-11-19-26)32(40-33)28-22-14-7-15-23-28/h4-24,33-34H,3H2,1-2H3/t24-,33?,34?/m0/s1. The molecule has 2 aliphatic rings. The van der Waals surface area contributed by atoms with Gasteiger partial charge in [-0.1, -0.05) is 121 Å². The number of hydrogen-bond acceptors (Lipinski definition) is 5. The Morgan fingerprint density at radius 2 is 1.00 bits per heavy atom. The number of rotatable bonds is 7. The number of benzene rings is 4. The Kier molecular flexibility index (Phi) is 7.96. The van der Waals surface area contributed by atoms with E-state index in [9.17, 15) is 4.79 Å². The van der Waals surface area contributed by atoms with Crippen LogP contribution in [0.15, 0.2) is 121 Å². The second kappa shape index (κ2) is 11.9. The summed E-state index contributed by atoms with van der Waals surface area (Å²) >= 11 is 3.68. The summed E-state index contributed by atoms with van der Waals surface area (Å²) in [5.41, 5.74) is 7.19. The summed E-state index contributed by atoms with van der Waals surface area (Å²) < 4.78 is 5.60. The van der Waals surface area contributed by atoms with Gasteiger partial charge < -0.3 is 4.74 Å². The maximum absolute atomic E-state index is 13.3. The van der Waals surface area contributed by atoms with Gasteiger partial charge in [-0.2, -0.15) is 0 Å². The van der Waals surface area contributed by atoms with Gasteiger partial charge in [-0.15, -0.1) is 23.5 Å². The zero-order valence-corrected chi connectivity index (χ0v) is 24.2. The van der Waals surface area contributed by atoms with E-state index in [2.05, 4.69) is 126 Å². The van der Waals surface area contributed by atoms with E-state index >= 15 is 0 Å². The monoisotopic (exact) mass is 561 g/mol. The van der Waals surface area contributed by atoms with E-state index in [1.54, 1.807) is 0 Å². The van der Waals surface area contributed by atoms with Crippen LogP contribution in [0.1, 0.15) is 36.1 Å². The van der Waals surface area contributed by atoms with Crippen molar-refractivity contribution >= 4 is 50.4 Å². The fourth-order valence-electron chi connectivity index (χ4n) is 5.43. The molecule has 3 nitrogen and oxygen atoms in total. The van der Waals surface area contributed by atoms with Crippen LogP contribution < -0.4 is 0 Å². The van der Waals surface area contributed by atoms with Gasteiger partial charge in [-0.3, -0.25) is 9.69 Å². The molecule has 4 aromatic carbocycles. The zero-order chi connectivity index (χ0) is 27.5. The van der Waals surface area contributed by atoms with Crippen molar-refractivity contribution in [3.8, 4) is 0 Å². The van der Waals surface area contributed by atoms with E-state index in [-0.39, 0.29) is 16.7 Å². The highest BCUT2D eigenvalue weighted by molar-refractivity contribution is 8.12. The van der Waals surface area contributed by atoms with E-state index in [1.807, 2.05) is 37.4 Å². The van der Waals surface area contributed by atoms with Crippen LogP contribution in [0.2, 0.25) is 0 Å². The van der Waals surface area contributed by atoms with Crippen molar-refractivity contribution in [1.29, 1.82) is 0 Å². The quantitative estimate of drug-likeness (QED) is 0.211. The molecular weight excluding hydrogens is 531 g/mol. The summed E-state index contributed by atoms with van der Waals surface area (Å²) in [5, 5.41) is -0.183. The number of fused-ring (bicyclic) bond motifs is 2. The molecule has 0 saturated carbocycles. The lowest BCUT2D eigenvalue weighted by Gasteiger charge is -2.50. The third-order valence-corrected chi connectivity index (χ3v) is 10.1. The Morgan fingerprint density at radius 3 is 1.35 bits per heavy atom. The second-order valence-electron chi connectivity index (χ2n) is 9.77. The molecule has 40 heavy (non-hydrogen) atoms. The number of carbonyl (C=O) groups excluding carboxylic acids is 1. The van der Waals surface area contributed by atoms with Crippen LogP contribution >= 0.6 is 23.5 Å². The molecule has 3 atom stereocenters. The Hall–Kier alpha value is -3.51. The van der Waals surface area contributed by atoms with Crippen molar-refractivity contribution in [1.82, 2.24) is 4.90 Å². The lowest BCUT2D eigenvalue weighted by Crippen LogP contribution is -2.54. The van der Waals surface area contributed by atoms with Crippen LogP contribution in [0.4, 0.5) is 0 Å². The van der Waals surface area contributed by atoms with E-state index in [4.69, 9.17) is 4.74 Å². The number of esters is 1. The molecule has 200 valence electrons. The number of nitrogens with zero attached hydrogens (tertiary/aromatic N) is 1. The normalized spacial score (nSPS) is 19.9. The number of ether oxygens (including phenoxy) is 1. The predicted octanol–water partition coefficient (Wildman–Crippen LogP) is 8.52. The molecule has 0 N–H and O–H groups in total. The first-order chi connectivity index (χ1) is 19.7. The maximum atomic E-state index is 13.3. The molecule has 0 aromatic heterocycles. The molecule has 2 bridgehead atoms. The van der Waals surface area contributed by atoms with Gasteiger partial charge in [0.2, 0.25) is 0 Å². The van der Waals surface area contributed by atoms with Crippen molar-refractivity contribution in [2.75, 3.05) is 6.61 Å². The first-order valence-corrected chi connectivity index (χ1v) is 15.4. The predicted molar refractivity (Wildman–Crippen MR) is 170 cm³/mol. The molecule has 0 aliphatic carbocycles. The summed E-state index contributed by atoms with van der Waals surface area (Å²) in [6, 6.07) is 42.1. The van der Waals surface area contributed by atoms with Crippen molar-refractivity contribution in [3.63, 3.8) is 0 Å². The second-order valence-corrected chi connectivity index (χ2v) is 11.9. The molecule has 2 unspecified atom stereocenters. The first kappa shape index (κ1) is 26.7. The van der Waals surface area contributed by atoms with Gasteiger partial charge in [0, 0.05) is 21.0 Å². The molecule has 0 amide bonds. The van der Waals surface area contributed by atoms with Crippen molar-refractivity contribution in [3.05, 3.63) is 144 Å². The van der Waals surface area contributed by atoms with Gasteiger partial charge in [0.25, 0.3) is 0 Å². The third-order valence-electron chi connectivity index (χ3n) is 7.30. The average Bonchev–Trinajstić information content (AvgIpc) is 3.01. The van der Waals surface area contributed by atoms with Crippen LogP contribution in [-0.4, -0.2) is 34.3 Å². The molecule has 5 heteroatoms. The number of thioether (sulfide) groups is 2. The minimum atomic E-state index is -0.429. The summed E-state index contributed by atoms with van der Waals surface area (Å²) in [5.74, 6) is -0.190. The zero-order valence-electron chi connectivity index (χ0n) is 22.6. The number of hydrogen-bond donors (Lipinski definition) is 0. The van der Waals surface area contributed by atoms with Crippen LogP contribution in [0.5, 0.6) is 0 Å². The summed E-state index contributed by atoms with van der Waals surface area (Å²) in [6.07, 6.45) is 0. The fraction of sp³-hybridized carbons (Fsp3) is 0.171. The Bertz CT molecular complexity index is 1430. The van der Waals surface area contributed by atoms with Crippen molar-refractivity contribution < 1.29 is 9.53 Å². The van der Waals surface area contributed by atoms with E-state index in [1.165, 1.54) is 43.2 Å². The highest BCUT2D eigenvalue weighted by atomic mass is 32.2. The minimum Gasteiger partial charge on any atom is -0.465 e. The van der Waals surface area contributed by atoms with Crippen LogP contribution in [0.25, 0.3) is 21.0 Å². The average molecular weight is 562 g/mol. The Morgan fingerprint density at radius 1 is 0.650 bits per heavy atom. The largest absolute Gasteiger partial charge is 0.465 e. The number of carbonyl (C=O) groups is 1. The summed E-state index contributed by atoms with van der Waals surface area (Å²) in [7, 11) is 0. The van der Waals surface area contributed by atoms with Crippen LogP contribution in [0.3, 0.4) is 0 Å². The van der Waals surface area contributed by atoms with Crippen molar-refractivity contribution in [2.24, 2.45) is 0 Å². The molecule has 0 spiro atoms. The maximum Gasteiger partial charge on any atom is 0.323 e. The smallest absolute Gasteiger partial charge is 0.323 e. The highest BCUT2D eigenvalue weighted by Crippen LogP contribution is 2.60. The fourth-order valence-corrected chi connectivity index (χ4v) is 8.96. The minimum absolute atomic E-state index is 0.0917. The Labute approximate surface area is 245 Å². The molecule has 2 aliphatic heterocycles. The third kappa shape index (κ3) is 5.05. The molecule has 0 saturated heterocycles. The summed E-state index contributed by atoms with van der Waals surface area (Å²) in [6.45, 7) is 4.22. The summed E-state index contributed by atoms with van der Waals surface area (Å²) in [4.78, 5) is 18.2. The van der Waals surface area contributed by atoms with Crippen LogP contribution in [0, 0.1) is 0 Å². The first-order valence-electron chi connectivity index (χ1n) is 13.6. The molecular formula is C35H31NO2S2. The van der Waals surface area contributed by atoms with Gasteiger partial charge in [0.15, 0.2) is 0 Å². The van der Waals surface area contributed by atoms with E-state index in [0.717, 1.165) is 0 Å². The van der Waals surface area contributed by atoms with E-state index in [0.29, 0.717) is 6.61 Å². The van der Waals surface area contributed by atoms with Gasteiger partial charge in [-0.25, -0.2) is 0 Å². The lowest BCUT2D eigenvalue weighted by atomic mass is 9.96. The molecule has 0 fully saturated rings.